The minimum atomic E-state index is 0.588. The number of hydrogen-bond donors (Lipinski definition) is 2. The largest absolute Gasteiger partial charge is 0.493 e. The Morgan fingerprint density at radius 3 is 2.58 bits per heavy atom. The van der Waals surface area contributed by atoms with Gasteiger partial charge in [0.15, 0.2) is 5.96 Å². The van der Waals surface area contributed by atoms with Gasteiger partial charge in [0.25, 0.3) is 0 Å². The summed E-state index contributed by atoms with van der Waals surface area (Å²) in [5, 5.41) is 6.92. The third-order valence-corrected chi connectivity index (χ3v) is 5.60. The molecule has 0 radical (unpaired) electrons. The highest BCUT2D eigenvalue weighted by Gasteiger charge is 2.19. The minimum Gasteiger partial charge on any atom is -0.493 e. The summed E-state index contributed by atoms with van der Waals surface area (Å²) in [6, 6.07) is 6.32. The van der Waals surface area contributed by atoms with Gasteiger partial charge in [0.05, 0.1) is 19.8 Å². The van der Waals surface area contributed by atoms with Gasteiger partial charge in [-0.15, -0.1) is 0 Å². The van der Waals surface area contributed by atoms with Crippen molar-refractivity contribution in [1.29, 1.82) is 0 Å². The molecule has 2 N–H and O–H groups in total. The normalized spacial score (nSPS) is 15.8. The van der Waals surface area contributed by atoms with Gasteiger partial charge in [-0.05, 0) is 57.3 Å². The number of ether oxygens (including phenoxy) is 3. The number of likely N-dealkylation sites (tertiary alicyclic amines) is 1. The first-order valence-corrected chi connectivity index (χ1v) is 11.6. The van der Waals surface area contributed by atoms with Crippen LogP contribution in [0.15, 0.2) is 23.2 Å². The van der Waals surface area contributed by atoms with E-state index in [-0.39, 0.29) is 0 Å². The molecule has 176 valence electrons. The predicted octanol–water partition coefficient (Wildman–Crippen LogP) is 2.82. The van der Waals surface area contributed by atoms with Crippen molar-refractivity contribution in [2.45, 2.75) is 39.7 Å². The monoisotopic (exact) mass is 434 g/mol. The van der Waals surface area contributed by atoms with E-state index in [1.54, 1.807) is 14.2 Å². The van der Waals surface area contributed by atoms with Crippen LogP contribution in [-0.4, -0.2) is 77.6 Å². The van der Waals surface area contributed by atoms with Gasteiger partial charge in [0, 0.05) is 52.4 Å². The van der Waals surface area contributed by atoms with Crippen LogP contribution in [0.5, 0.6) is 5.75 Å². The second kappa shape index (κ2) is 15.1. The highest BCUT2D eigenvalue weighted by molar-refractivity contribution is 5.79. The average molecular weight is 435 g/mol. The number of rotatable bonds is 13. The summed E-state index contributed by atoms with van der Waals surface area (Å²) in [4.78, 5) is 7.31. The molecule has 1 fully saturated rings. The maximum atomic E-state index is 6.00. The summed E-state index contributed by atoms with van der Waals surface area (Å²) in [5.74, 6) is 2.47. The minimum absolute atomic E-state index is 0.588. The van der Waals surface area contributed by atoms with E-state index in [0.29, 0.717) is 25.7 Å². The molecule has 1 heterocycles. The van der Waals surface area contributed by atoms with Crippen molar-refractivity contribution < 1.29 is 14.2 Å². The van der Waals surface area contributed by atoms with Gasteiger partial charge in [-0.2, -0.15) is 0 Å². The van der Waals surface area contributed by atoms with Gasteiger partial charge in [0.2, 0.25) is 0 Å². The van der Waals surface area contributed by atoms with Gasteiger partial charge < -0.3 is 29.7 Å². The molecule has 31 heavy (non-hydrogen) atoms. The van der Waals surface area contributed by atoms with Crippen LogP contribution in [-0.2, 0) is 16.0 Å². The van der Waals surface area contributed by atoms with E-state index in [1.165, 1.54) is 18.4 Å². The van der Waals surface area contributed by atoms with Crippen molar-refractivity contribution >= 4 is 5.96 Å². The van der Waals surface area contributed by atoms with Crippen molar-refractivity contribution in [2.75, 3.05) is 66.8 Å². The van der Waals surface area contributed by atoms with Crippen LogP contribution < -0.4 is 15.4 Å². The Morgan fingerprint density at radius 1 is 1.10 bits per heavy atom. The number of nitrogens with zero attached hydrogens (tertiary/aromatic N) is 2. The molecule has 0 spiro atoms. The lowest BCUT2D eigenvalue weighted by Gasteiger charge is -2.32. The van der Waals surface area contributed by atoms with E-state index in [9.17, 15) is 0 Å². The molecule has 1 aromatic rings. The molecular formula is C24H42N4O3. The van der Waals surface area contributed by atoms with Crippen LogP contribution in [0.4, 0.5) is 0 Å². The Bertz CT molecular complexity index is 646. The van der Waals surface area contributed by atoms with Crippen LogP contribution in [0, 0.1) is 12.8 Å². The summed E-state index contributed by atoms with van der Waals surface area (Å²) in [6.45, 7) is 12.1. The number of guanidine groups is 1. The maximum absolute atomic E-state index is 6.00. The second-order valence-corrected chi connectivity index (χ2v) is 8.16. The number of hydrogen-bond acceptors (Lipinski definition) is 5. The molecule has 0 atom stereocenters. The summed E-state index contributed by atoms with van der Waals surface area (Å²) in [6.07, 6.45) is 3.31. The molecule has 1 aliphatic rings. The third kappa shape index (κ3) is 9.89. The summed E-state index contributed by atoms with van der Waals surface area (Å²) in [5.41, 5.74) is 2.29. The molecule has 7 heteroatoms. The molecule has 1 aromatic carbocycles. The zero-order valence-electron chi connectivity index (χ0n) is 19.9. The predicted molar refractivity (Wildman–Crippen MR) is 127 cm³/mol. The first-order chi connectivity index (χ1) is 15.2. The average Bonchev–Trinajstić information content (AvgIpc) is 2.78. The van der Waals surface area contributed by atoms with E-state index in [0.717, 1.165) is 63.0 Å². The fourth-order valence-electron chi connectivity index (χ4n) is 3.69. The molecular weight excluding hydrogens is 392 g/mol. The van der Waals surface area contributed by atoms with Crippen molar-refractivity contribution in [2.24, 2.45) is 10.9 Å². The highest BCUT2D eigenvalue weighted by Crippen LogP contribution is 2.21. The summed E-state index contributed by atoms with van der Waals surface area (Å²) >= 11 is 0. The van der Waals surface area contributed by atoms with E-state index < -0.39 is 0 Å². The van der Waals surface area contributed by atoms with Crippen LogP contribution in [0.25, 0.3) is 0 Å². The van der Waals surface area contributed by atoms with Crippen molar-refractivity contribution in [1.82, 2.24) is 15.5 Å². The van der Waals surface area contributed by atoms with Crippen LogP contribution in [0.2, 0.25) is 0 Å². The maximum Gasteiger partial charge on any atom is 0.191 e. The number of nitrogens with one attached hydrogen (secondary N) is 2. The van der Waals surface area contributed by atoms with Crippen molar-refractivity contribution in [3.8, 4) is 5.75 Å². The quantitative estimate of drug-likeness (QED) is 0.283. The van der Waals surface area contributed by atoms with Crippen LogP contribution in [0.1, 0.15) is 37.3 Å². The zero-order valence-corrected chi connectivity index (χ0v) is 19.9. The van der Waals surface area contributed by atoms with Crippen LogP contribution >= 0.6 is 0 Å². The van der Waals surface area contributed by atoms with E-state index in [1.807, 2.05) is 0 Å². The van der Waals surface area contributed by atoms with E-state index >= 15 is 0 Å². The van der Waals surface area contributed by atoms with E-state index in [2.05, 4.69) is 47.6 Å². The van der Waals surface area contributed by atoms with E-state index in [4.69, 9.17) is 19.2 Å². The highest BCUT2D eigenvalue weighted by atomic mass is 16.5. The molecule has 1 aliphatic heterocycles. The number of piperidine rings is 1. The molecule has 0 saturated carbocycles. The van der Waals surface area contributed by atoms with Gasteiger partial charge in [-0.3, -0.25) is 0 Å². The van der Waals surface area contributed by atoms with Crippen LogP contribution in [0.3, 0.4) is 0 Å². The molecule has 0 unspecified atom stereocenters. The lowest BCUT2D eigenvalue weighted by atomic mass is 9.97. The number of benzene rings is 1. The fourth-order valence-corrected chi connectivity index (χ4v) is 3.69. The molecule has 0 bridgehead atoms. The topological polar surface area (TPSA) is 67.4 Å². The fraction of sp³-hybridized carbons (Fsp3) is 0.708. The molecule has 0 amide bonds. The van der Waals surface area contributed by atoms with Gasteiger partial charge >= 0.3 is 0 Å². The Hall–Kier alpha value is -1.83. The van der Waals surface area contributed by atoms with Gasteiger partial charge in [-0.1, -0.05) is 12.1 Å². The molecule has 7 nitrogen and oxygen atoms in total. The lowest BCUT2D eigenvalue weighted by molar-refractivity contribution is 0.121. The summed E-state index contributed by atoms with van der Waals surface area (Å²) in [7, 11) is 3.48. The van der Waals surface area contributed by atoms with Crippen molar-refractivity contribution in [3.63, 3.8) is 0 Å². The third-order valence-electron chi connectivity index (χ3n) is 5.60. The smallest absolute Gasteiger partial charge is 0.191 e. The summed E-state index contributed by atoms with van der Waals surface area (Å²) < 4.78 is 16.3. The Labute approximate surface area is 188 Å². The standard InChI is InChI=1S/C24H42N4O3/c1-5-25-24(26-18-21-9-11-28(12-10-21)13-16-30-4)27-19-22-8-7-20(2)17-23(22)31-15-6-14-29-3/h7-8,17,21H,5-6,9-16,18-19H2,1-4H3,(H2,25,26,27). The number of methoxy groups -OCH3 is 2. The molecule has 1 saturated heterocycles. The Morgan fingerprint density at radius 2 is 1.87 bits per heavy atom. The SMILES string of the molecule is CCNC(=NCc1ccc(C)cc1OCCCOC)NCC1CCN(CCOC)CC1. The first kappa shape index (κ1) is 25.4. The van der Waals surface area contributed by atoms with Gasteiger partial charge in [0.1, 0.15) is 5.75 Å². The molecule has 2 rings (SSSR count). The van der Waals surface area contributed by atoms with Gasteiger partial charge in [-0.25, -0.2) is 4.99 Å². The zero-order chi connectivity index (χ0) is 22.3. The second-order valence-electron chi connectivity index (χ2n) is 8.16. The van der Waals surface area contributed by atoms with Crippen molar-refractivity contribution in [3.05, 3.63) is 29.3 Å². The Balaban J connectivity index is 1.87. The lowest BCUT2D eigenvalue weighted by Crippen LogP contribution is -2.43. The number of aryl methyl sites for hydroxylation is 1. The molecule has 0 aromatic heterocycles. The Kier molecular flexibility index (Phi) is 12.3. The molecule has 0 aliphatic carbocycles. The first-order valence-electron chi connectivity index (χ1n) is 11.6. The number of aliphatic imine (C=N–C) groups is 1.